The lowest BCUT2D eigenvalue weighted by Crippen LogP contribution is -2.71. The molecule has 2 amide bonds. The third-order valence-electron chi connectivity index (χ3n) is 7.91. The molecule has 4 aliphatic rings. The number of H-pyrrole nitrogens is 1. The van der Waals surface area contributed by atoms with Crippen molar-refractivity contribution >= 4 is 6.03 Å². The molecule has 0 unspecified atom stereocenters. The Morgan fingerprint density at radius 3 is 2.21 bits per heavy atom. The van der Waals surface area contributed by atoms with Crippen LogP contribution in [0.2, 0.25) is 0 Å². The second-order valence-electron chi connectivity index (χ2n) is 10.5. The maximum absolute atomic E-state index is 12.8. The number of carbonyl (C=O) groups is 1. The Hall–Kier alpha value is -2.66. The van der Waals surface area contributed by atoms with Gasteiger partial charge in [-0.2, -0.15) is 5.10 Å². The van der Waals surface area contributed by atoms with Crippen LogP contribution < -0.4 is 0 Å². The molecule has 4 fully saturated rings. The zero-order valence-electron chi connectivity index (χ0n) is 17.9. The van der Waals surface area contributed by atoms with Crippen LogP contribution in [-0.2, 0) is 6.42 Å². The molecule has 2 aliphatic carbocycles. The Morgan fingerprint density at radius 2 is 1.67 bits per heavy atom. The van der Waals surface area contributed by atoms with Gasteiger partial charge in [-0.3, -0.25) is 5.10 Å². The molecule has 1 N–H and O–H groups in total. The number of halogens is 4. The van der Waals surface area contributed by atoms with Gasteiger partial charge in [0, 0.05) is 42.7 Å². The van der Waals surface area contributed by atoms with Crippen LogP contribution in [0.4, 0.5) is 22.4 Å². The number of urea groups is 1. The normalized spacial score (nSPS) is 23.7. The van der Waals surface area contributed by atoms with Crippen LogP contribution in [0.5, 0.6) is 0 Å². The first-order chi connectivity index (χ1) is 15.7. The Morgan fingerprint density at radius 1 is 1.03 bits per heavy atom. The summed E-state index contributed by atoms with van der Waals surface area (Å²) in [6.07, 6.45) is 0.540. The summed E-state index contributed by atoms with van der Waals surface area (Å²) in [5.74, 6) is 0.00330. The largest absolute Gasteiger partial charge is 0.323 e. The van der Waals surface area contributed by atoms with Crippen LogP contribution in [0.1, 0.15) is 61.8 Å². The van der Waals surface area contributed by atoms with Gasteiger partial charge in [-0.1, -0.05) is 0 Å². The van der Waals surface area contributed by atoms with Crippen LogP contribution in [0.3, 0.4) is 0 Å². The Kier molecular flexibility index (Phi) is 4.54. The summed E-state index contributed by atoms with van der Waals surface area (Å²) in [4.78, 5) is 20.2. The van der Waals surface area contributed by atoms with E-state index in [2.05, 4.69) is 20.3 Å². The zero-order chi connectivity index (χ0) is 23.0. The fourth-order valence-electron chi connectivity index (χ4n) is 6.42. The van der Waals surface area contributed by atoms with Gasteiger partial charge in [0.05, 0.1) is 6.04 Å². The molecule has 33 heavy (non-hydrogen) atoms. The van der Waals surface area contributed by atoms with E-state index in [0.717, 1.165) is 50.9 Å². The molecule has 0 radical (unpaired) electrons. The molecule has 12 heteroatoms. The number of likely N-dealkylation sites (tertiary alicyclic amines) is 2. The molecule has 0 atom stereocenters. The van der Waals surface area contributed by atoms with Crippen molar-refractivity contribution in [1.29, 1.82) is 0 Å². The molecule has 0 bridgehead atoms. The van der Waals surface area contributed by atoms with E-state index in [9.17, 15) is 22.4 Å². The van der Waals surface area contributed by atoms with Crippen LogP contribution >= 0.6 is 0 Å². The highest BCUT2D eigenvalue weighted by atomic mass is 19.3. The van der Waals surface area contributed by atoms with Crippen molar-refractivity contribution in [3.63, 3.8) is 0 Å². The van der Waals surface area contributed by atoms with Gasteiger partial charge in [-0.15, -0.1) is 5.10 Å². The summed E-state index contributed by atoms with van der Waals surface area (Å²) in [5, 5.41) is 10.2. The number of hydrogen-bond acceptors (Lipinski definition) is 4. The highest BCUT2D eigenvalue weighted by Gasteiger charge is 2.58. The van der Waals surface area contributed by atoms with Crippen LogP contribution in [-0.4, -0.2) is 67.0 Å². The number of hydrogen-bond donors (Lipinski definition) is 1. The molecule has 178 valence electrons. The van der Waals surface area contributed by atoms with E-state index in [1.54, 1.807) is 0 Å². The van der Waals surface area contributed by atoms with Crippen molar-refractivity contribution in [2.24, 2.45) is 16.7 Å². The summed E-state index contributed by atoms with van der Waals surface area (Å²) in [6.45, 7) is 2.93. The van der Waals surface area contributed by atoms with E-state index in [-0.39, 0.29) is 28.6 Å². The quantitative estimate of drug-likeness (QED) is 0.682. The minimum atomic E-state index is -2.66. The van der Waals surface area contributed by atoms with Gasteiger partial charge in [0.1, 0.15) is 12.0 Å². The van der Waals surface area contributed by atoms with Crippen molar-refractivity contribution in [2.45, 2.75) is 51.0 Å². The number of alkyl halides is 4. The average Bonchev–Trinajstić information content (AvgIpc) is 3.30. The fourth-order valence-corrected chi connectivity index (χ4v) is 6.42. The molecular formula is C21H25F4N7O. The molecule has 0 aromatic carbocycles. The van der Waals surface area contributed by atoms with Gasteiger partial charge < -0.3 is 9.80 Å². The summed E-state index contributed by atoms with van der Waals surface area (Å²) >= 11 is 0. The van der Waals surface area contributed by atoms with Crippen LogP contribution in [0.25, 0.3) is 0 Å². The predicted octanol–water partition coefficient (Wildman–Crippen LogP) is 3.59. The highest BCUT2D eigenvalue weighted by Crippen LogP contribution is 2.56. The number of aromatic amines is 1. The van der Waals surface area contributed by atoms with Gasteiger partial charge in [-0.05, 0) is 44.1 Å². The van der Waals surface area contributed by atoms with Gasteiger partial charge in [0.25, 0.3) is 12.9 Å². The van der Waals surface area contributed by atoms with Crippen molar-refractivity contribution in [3.05, 3.63) is 29.6 Å². The van der Waals surface area contributed by atoms with Crippen molar-refractivity contribution in [3.8, 4) is 0 Å². The predicted molar refractivity (Wildman–Crippen MR) is 107 cm³/mol. The van der Waals surface area contributed by atoms with E-state index >= 15 is 0 Å². The summed E-state index contributed by atoms with van der Waals surface area (Å²) in [5.41, 5.74) is 0.816. The minimum Gasteiger partial charge on any atom is -0.323 e. The van der Waals surface area contributed by atoms with E-state index in [1.165, 1.54) is 17.1 Å². The molecule has 2 aromatic heterocycles. The summed E-state index contributed by atoms with van der Waals surface area (Å²) in [7, 11) is 0. The Bertz CT molecular complexity index is 1040. The number of amides is 2. The maximum atomic E-state index is 12.8. The standard InChI is InChI=1S/C21H25F4N7O/c22-16(23)15-2-13(27-28-15)1-12-3-20(4-12)7-30(8-20)19(33)31-9-21(10-31)5-14(6-21)32-11-26-18(29-32)17(24)25/h2,11-12,14,16-17H,1,3-10H2,(H,27,28). The lowest BCUT2D eigenvalue weighted by molar-refractivity contribution is -0.107. The molecule has 2 spiro atoms. The smallest absolute Gasteiger partial charge is 0.320 e. The zero-order valence-corrected chi connectivity index (χ0v) is 17.9. The first-order valence-corrected chi connectivity index (χ1v) is 11.3. The number of rotatable bonds is 5. The molecule has 6 rings (SSSR count). The number of carbonyl (C=O) groups excluding carboxylic acids is 1. The second kappa shape index (κ2) is 7.17. The SMILES string of the molecule is O=C(N1CC2(CC(Cc3cc(C(F)F)n[nH]3)C2)C1)N1CC2(CC(n3cnc(C(F)F)n3)C2)C1. The first kappa shape index (κ1) is 20.9. The monoisotopic (exact) mass is 467 g/mol. The van der Waals surface area contributed by atoms with Crippen molar-refractivity contribution in [2.75, 3.05) is 26.2 Å². The highest BCUT2D eigenvalue weighted by molar-refractivity contribution is 5.77. The fraction of sp³-hybridized carbons (Fsp3) is 0.714. The van der Waals surface area contributed by atoms with Gasteiger partial charge in [0.15, 0.2) is 0 Å². The minimum absolute atomic E-state index is 0.0769. The van der Waals surface area contributed by atoms with Crippen LogP contribution in [0, 0.1) is 16.7 Å². The summed E-state index contributed by atoms with van der Waals surface area (Å²) in [6, 6.07) is 1.60. The summed E-state index contributed by atoms with van der Waals surface area (Å²) < 4.78 is 52.2. The lowest BCUT2D eigenvalue weighted by Gasteiger charge is -2.63. The lowest BCUT2D eigenvalue weighted by atomic mass is 9.56. The molecule has 4 heterocycles. The van der Waals surface area contributed by atoms with Crippen molar-refractivity contribution in [1.82, 2.24) is 34.8 Å². The first-order valence-electron chi connectivity index (χ1n) is 11.3. The number of nitrogens with zero attached hydrogens (tertiary/aromatic N) is 6. The van der Waals surface area contributed by atoms with Crippen molar-refractivity contribution < 1.29 is 22.4 Å². The second-order valence-corrected chi connectivity index (χ2v) is 10.5. The van der Waals surface area contributed by atoms with Crippen LogP contribution in [0.15, 0.2) is 12.4 Å². The molecular weight excluding hydrogens is 442 g/mol. The van der Waals surface area contributed by atoms with Gasteiger partial charge >= 0.3 is 6.03 Å². The Balaban J connectivity index is 0.924. The molecule has 2 aromatic rings. The third-order valence-corrected chi connectivity index (χ3v) is 7.91. The number of aromatic nitrogens is 5. The van der Waals surface area contributed by atoms with E-state index in [1.807, 2.05) is 9.80 Å². The molecule has 2 aliphatic heterocycles. The van der Waals surface area contributed by atoms with E-state index in [4.69, 9.17) is 0 Å². The third kappa shape index (κ3) is 3.48. The van der Waals surface area contributed by atoms with E-state index in [0.29, 0.717) is 19.0 Å². The van der Waals surface area contributed by atoms with Gasteiger partial charge in [0.2, 0.25) is 5.82 Å². The van der Waals surface area contributed by atoms with E-state index < -0.39 is 18.7 Å². The average molecular weight is 467 g/mol. The number of nitrogens with one attached hydrogen (secondary N) is 1. The topological polar surface area (TPSA) is 82.9 Å². The molecule has 2 saturated carbocycles. The molecule has 8 nitrogen and oxygen atoms in total. The Labute approximate surface area is 187 Å². The molecule has 2 saturated heterocycles. The maximum Gasteiger partial charge on any atom is 0.320 e. The van der Waals surface area contributed by atoms with Gasteiger partial charge in [-0.25, -0.2) is 32.0 Å².